The lowest BCUT2D eigenvalue weighted by Gasteiger charge is -2.39. The number of nitrogens with zero attached hydrogens (tertiary/aromatic N) is 5. The maximum atomic E-state index is 9.79. The van der Waals surface area contributed by atoms with Crippen LogP contribution in [0.3, 0.4) is 0 Å². The standard InChI is InChI=1S/C48H27N5O2/c49-26-29-21-22-39-33(23-29)32-11-1-4-14-38(32)52(39)30-24-36-46(50-27-30)47-37(48(36)34-12-2-7-17-42(34)54-43-18-8-3-13-35(43)48)25-31(28-51-47)53-40-15-5-9-19-44(40)55-45-20-10-6-16-41(45)53/h1-25,27-28H. The van der Waals surface area contributed by atoms with Crippen LogP contribution in [0, 0.1) is 11.3 Å². The molecule has 0 fully saturated rings. The minimum Gasteiger partial charge on any atom is -0.457 e. The van der Waals surface area contributed by atoms with E-state index in [-0.39, 0.29) is 0 Å². The van der Waals surface area contributed by atoms with Crippen molar-refractivity contribution in [2.45, 2.75) is 5.41 Å². The van der Waals surface area contributed by atoms with Gasteiger partial charge < -0.3 is 18.9 Å². The number of rotatable bonds is 2. The fraction of sp³-hybridized carbons (Fsp3) is 0.0208. The van der Waals surface area contributed by atoms with Crippen LogP contribution < -0.4 is 14.4 Å². The van der Waals surface area contributed by atoms with Crippen LogP contribution >= 0.6 is 0 Å². The van der Waals surface area contributed by atoms with Gasteiger partial charge in [-0.1, -0.05) is 78.9 Å². The summed E-state index contributed by atoms with van der Waals surface area (Å²) >= 11 is 0. The number of hydrogen-bond donors (Lipinski definition) is 0. The van der Waals surface area contributed by atoms with Gasteiger partial charge in [-0.15, -0.1) is 0 Å². The molecule has 0 unspecified atom stereocenters. The van der Waals surface area contributed by atoms with Gasteiger partial charge in [0, 0.05) is 33.0 Å². The molecule has 6 aromatic carbocycles. The average molecular weight is 706 g/mol. The van der Waals surface area contributed by atoms with E-state index in [2.05, 4.69) is 82.3 Å². The second-order valence-corrected chi connectivity index (χ2v) is 14.1. The van der Waals surface area contributed by atoms with Crippen LogP contribution in [0.2, 0.25) is 0 Å². The Balaban J connectivity index is 1.17. The van der Waals surface area contributed by atoms with Gasteiger partial charge in [-0.3, -0.25) is 9.97 Å². The third-order valence-corrected chi connectivity index (χ3v) is 11.3. The highest BCUT2D eigenvalue weighted by Crippen LogP contribution is 2.62. The number of fused-ring (bicyclic) bond motifs is 14. The van der Waals surface area contributed by atoms with Crippen LogP contribution in [0.15, 0.2) is 164 Å². The molecule has 3 aliphatic rings. The van der Waals surface area contributed by atoms with E-state index in [1.54, 1.807) is 0 Å². The van der Waals surface area contributed by atoms with Gasteiger partial charge in [-0.2, -0.15) is 5.26 Å². The van der Waals surface area contributed by atoms with E-state index in [1.807, 2.05) is 97.3 Å². The van der Waals surface area contributed by atoms with Gasteiger partial charge in [0.15, 0.2) is 11.5 Å². The van der Waals surface area contributed by atoms with Crippen LogP contribution in [0.4, 0.5) is 17.1 Å². The largest absolute Gasteiger partial charge is 0.457 e. The normalized spacial score (nSPS) is 13.8. The van der Waals surface area contributed by atoms with E-state index >= 15 is 0 Å². The second-order valence-electron chi connectivity index (χ2n) is 14.1. The van der Waals surface area contributed by atoms with Crippen molar-refractivity contribution in [3.8, 4) is 46.1 Å². The summed E-state index contributed by atoms with van der Waals surface area (Å²) in [4.78, 5) is 12.8. The predicted molar refractivity (Wildman–Crippen MR) is 213 cm³/mol. The maximum absolute atomic E-state index is 9.79. The van der Waals surface area contributed by atoms with E-state index in [9.17, 15) is 5.26 Å². The number of anilines is 3. The first-order valence-corrected chi connectivity index (χ1v) is 18.2. The van der Waals surface area contributed by atoms with Crippen molar-refractivity contribution in [2.75, 3.05) is 4.90 Å². The zero-order valence-electron chi connectivity index (χ0n) is 29.1. The molecule has 0 radical (unpaired) electrons. The highest BCUT2D eigenvalue weighted by atomic mass is 16.5. The Morgan fingerprint density at radius 1 is 0.491 bits per heavy atom. The van der Waals surface area contributed by atoms with E-state index < -0.39 is 5.41 Å². The summed E-state index contributed by atoms with van der Waals surface area (Å²) in [7, 11) is 0. The Hall–Kier alpha value is -7.69. The average Bonchev–Trinajstić information content (AvgIpc) is 3.72. The van der Waals surface area contributed by atoms with Crippen molar-refractivity contribution in [2.24, 2.45) is 0 Å². The topological polar surface area (TPSA) is 76.2 Å². The Kier molecular flexibility index (Phi) is 5.92. The Labute approximate surface area is 315 Å². The maximum Gasteiger partial charge on any atom is 0.151 e. The molecule has 1 aliphatic carbocycles. The van der Waals surface area contributed by atoms with Gasteiger partial charge in [0.2, 0.25) is 0 Å². The molecule has 0 atom stereocenters. The van der Waals surface area contributed by atoms with Crippen molar-refractivity contribution in [3.63, 3.8) is 0 Å². The summed E-state index contributed by atoms with van der Waals surface area (Å²) in [6, 6.07) is 54.0. The number of pyridine rings is 2. The van der Waals surface area contributed by atoms with Crippen LogP contribution in [0.25, 0.3) is 38.9 Å². The van der Waals surface area contributed by atoms with E-state index in [4.69, 9.17) is 19.4 Å². The molecule has 0 bridgehead atoms. The minimum atomic E-state index is -0.819. The van der Waals surface area contributed by atoms with Crippen LogP contribution in [-0.2, 0) is 5.41 Å². The summed E-state index contributed by atoms with van der Waals surface area (Å²) in [6.07, 6.45) is 3.90. The Morgan fingerprint density at radius 3 is 1.69 bits per heavy atom. The van der Waals surface area contributed by atoms with Gasteiger partial charge in [0.1, 0.15) is 11.5 Å². The van der Waals surface area contributed by atoms with Crippen molar-refractivity contribution in [3.05, 3.63) is 192 Å². The van der Waals surface area contributed by atoms with Crippen molar-refractivity contribution >= 4 is 38.9 Å². The van der Waals surface area contributed by atoms with E-state index in [1.165, 1.54) is 0 Å². The molecule has 0 saturated heterocycles. The van der Waals surface area contributed by atoms with Crippen LogP contribution in [-0.4, -0.2) is 14.5 Å². The molecular weight excluding hydrogens is 679 g/mol. The quantitative estimate of drug-likeness (QED) is 0.178. The molecule has 256 valence electrons. The summed E-state index contributed by atoms with van der Waals surface area (Å²) in [6.45, 7) is 0. The lowest BCUT2D eigenvalue weighted by atomic mass is 9.66. The second kappa shape index (κ2) is 10.9. The zero-order chi connectivity index (χ0) is 36.3. The SMILES string of the molecule is N#Cc1ccc2c(c1)c1ccccc1n2-c1cnc2c(c1)C1(c3ccccc3Oc3ccccc31)c1cc(N3c4ccccc4Oc4ccccc43)cnc1-2. The van der Waals surface area contributed by atoms with Crippen LogP contribution in [0.5, 0.6) is 23.0 Å². The number of para-hydroxylation sites is 7. The molecule has 7 heteroatoms. The zero-order valence-corrected chi connectivity index (χ0v) is 29.1. The molecule has 2 aliphatic heterocycles. The third kappa shape index (κ3) is 3.92. The lowest BCUT2D eigenvalue weighted by molar-refractivity contribution is 0.436. The first kappa shape index (κ1) is 29.8. The van der Waals surface area contributed by atoms with Gasteiger partial charge in [-0.05, 0) is 72.8 Å². The summed E-state index contributed by atoms with van der Waals surface area (Å²) in [5, 5.41) is 11.9. The molecule has 3 aromatic heterocycles. The van der Waals surface area contributed by atoms with Crippen LogP contribution in [0.1, 0.15) is 27.8 Å². The molecule has 0 N–H and O–H groups in total. The summed E-state index contributed by atoms with van der Waals surface area (Å²) in [5.74, 6) is 3.14. The first-order valence-electron chi connectivity index (χ1n) is 18.2. The monoisotopic (exact) mass is 705 g/mol. The van der Waals surface area contributed by atoms with Crippen molar-refractivity contribution in [1.29, 1.82) is 5.26 Å². The third-order valence-electron chi connectivity index (χ3n) is 11.3. The summed E-state index contributed by atoms with van der Waals surface area (Å²) in [5.41, 5.74) is 11.3. The molecule has 7 nitrogen and oxygen atoms in total. The fourth-order valence-electron chi connectivity index (χ4n) is 9.12. The molecule has 0 amide bonds. The van der Waals surface area contributed by atoms with Gasteiger partial charge in [0.25, 0.3) is 0 Å². The number of benzene rings is 6. The first-order chi connectivity index (χ1) is 27.2. The highest BCUT2D eigenvalue weighted by Gasteiger charge is 2.53. The minimum absolute atomic E-state index is 0.625. The van der Waals surface area contributed by atoms with E-state index in [0.717, 1.165) is 101 Å². The summed E-state index contributed by atoms with van der Waals surface area (Å²) < 4.78 is 15.3. The molecule has 1 spiro atoms. The molecular formula is C48H27N5O2. The molecule has 12 rings (SSSR count). The number of hydrogen-bond acceptors (Lipinski definition) is 6. The smallest absolute Gasteiger partial charge is 0.151 e. The van der Waals surface area contributed by atoms with E-state index in [0.29, 0.717) is 5.56 Å². The van der Waals surface area contributed by atoms with Gasteiger partial charge >= 0.3 is 0 Å². The number of aromatic nitrogens is 3. The van der Waals surface area contributed by atoms with Crippen molar-refractivity contribution < 1.29 is 9.47 Å². The van der Waals surface area contributed by atoms with Crippen molar-refractivity contribution in [1.82, 2.24) is 14.5 Å². The molecule has 9 aromatic rings. The Morgan fingerprint density at radius 2 is 1.02 bits per heavy atom. The number of nitriles is 1. The van der Waals surface area contributed by atoms with Gasteiger partial charge in [-0.25, -0.2) is 0 Å². The Bertz CT molecular complexity index is 3070. The molecule has 5 heterocycles. The number of ether oxygens (including phenoxy) is 2. The van der Waals surface area contributed by atoms with Gasteiger partial charge in [0.05, 0.1) is 74.6 Å². The fourth-order valence-corrected chi connectivity index (χ4v) is 9.12. The predicted octanol–water partition coefficient (Wildman–Crippen LogP) is 11.5. The molecule has 0 saturated carbocycles. The highest BCUT2D eigenvalue weighted by molar-refractivity contribution is 6.09. The molecule has 55 heavy (non-hydrogen) atoms. The lowest BCUT2D eigenvalue weighted by Crippen LogP contribution is -2.32.